The van der Waals surface area contributed by atoms with Gasteiger partial charge >= 0.3 is 0 Å². The average molecular weight is 372 g/mol. The van der Waals surface area contributed by atoms with E-state index >= 15 is 0 Å². The summed E-state index contributed by atoms with van der Waals surface area (Å²) in [6.07, 6.45) is 2.69. The van der Waals surface area contributed by atoms with Gasteiger partial charge in [-0.1, -0.05) is 44.2 Å². The zero-order valence-electron chi connectivity index (χ0n) is 16.9. The number of hydrogen-bond acceptors (Lipinski definition) is 3. The minimum Gasteiger partial charge on any atom is -0.351 e. The first-order chi connectivity index (χ1) is 12.9. The first kappa shape index (κ1) is 19.9. The summed E-state index contributed by atoms with van der Waals surface area (Å²) in [5, 5.41) is 3.05. The molecule has 5 nitrogen and oxygen atoms in total. The van der Waals surface area contributed by atoms with E-state index in [-0.39, 0.29) is 17.4 Å². The van der Waals surface area contributed by atoms with Crippen LogP contribution in [0.3, 0.4) is 0 Å². The lowest BCUT2D eigenvalue weighted by Gasteiger charge is -2.41. The summed E-state index contributed by atoms with van der Waals surface area (Å²) in [6, 6.07) is 9.87. The quantitative estimate of drug-likeness (QED) is 0.836. The number of nitrogens with one attached hydrogen (secondary N) is 1. The van der Waals surface area contributed by atoms with Gasteiger partial charge in [0.15, 0.2) is 0 Å². The zero-order chi connectivity index (χ0) is 19.4. The van der Waals surface area contributed by atoms with Crippen LogP contribution in [0.2, 0.25) is 0 Å². The molecule has 2 fully saturated rings. The van der Waals surface area contributed by atoms with E-state index in [9.17, 15) is 9.59 Å². The molecule has 1 spiro atoms. The third-order valence-electron chi connectivity index (χ3n) is 6.09. The molecule has 2 aliphatic heterocycles. The lowest BCUT2D eigenvalue weighted by Crippen LogP contribution is -2.50. The summed E-state index contributed by atoms with van der Waals surface area (Å²) >= 11 is 0. The van der Waals surface area contributed by atoms with E-state index in [1.807, 2.05) is 37.3 Å². The van der Waals surface area contributed by atoms with Crippen molar-refractivity contribution in [1.82, 2.24) is 15.1 Å². The van der Waals surface area contributed by atoms with E-state index in [1.54, 1.807) is 0 Å². The Kier molecular flexibility index (Phi) is 6.20. The molecule has 0 unspecified atom stereocenters. The predicted octanol–water partition coefficient (Wildman–Crippen LogP) is 2.66. The maximum Gasteiger partial charge on any atom is 0.237 e. The SMILES string of the molecule is CC(C)CN1CC2(CCN([C@@H](C)C(=O)NCc3ccccc3)CC2)CC1=O. The monoisotopic (exact) mass is 371 g/mol. The summed E-state index contributed by atoms with van der Waals surface area (Å²) in [6.45, 7) is 10.4. The van der Waals surface area contributed by atoms with E-state index in [4.69, 9.17) is 0 Å². The molecular formula is C22H33N3O2. The summed E-state index contributed by atoms with van der Waals surface area (Å²) in [4.78, 5) is 29.2. The number of likely N-dealkylation sites (tertiary alicyclic amines) is 2. The topological polar surface area (TPSA) is 52.6 Å². The third kappa shape index (κ3) is 4.89. The van der Waals surface area contributed by atoms with Gasteiger partial charge in [0.25, 0.3) is 0 Å². The molecular weight excluding hydrogens is 338 g/mol. The van der Waals surface area contributed by atoms with E-state index in [1.165, 1.54) is 0 Å². The van der Waals surface area contributed by atoms with Gasteiger partial charge in [-0.3, -0.25) is 14.5 Å². The van der Waals surface area contributed by atoms with Crippen molar-refractivity contribution in [2.75, 3.05) is 26.2 Å². The highest BCUT2D eigenvalue weighted by atomic mass is 16.2. The Bertz CT molecular complexity index is 651. The summed E-state index contributed by atoms with van der Waals surface area (Å²) in [5.41, 5.74) is 1.24. The van der Waals surface area contributed by atoms with Crippen molar-refractivity contribution in [1.29, 1.82) is 0 Å². The van der Waals surface area contributed by atoms with Crippen LogP contribution in [0.15, 0.2) is 30.3 Å². The van der Waals surface area contributed by atoms with Crippen molar-refractivity contribution in [3.8, 4) is 0 Å². The van der Waals surface area contributed by atoms with Crippen LogP contribution in [0.4, 0.5) is 0 Å². The molecule has 2 aliphatic rings. The van der Waals surface area contributed by atoms with E-state index in [0.717, 1.165) is 44.6 Å². The summed E-state index contributed by atoms with van der Waals surface area (Å²) < 4.78 is 0. The number of piperidine rings is 1. The fourth-order valence-electron chi connectivity index (χ4n) is 4.41. The molecule has 2 heterocycles. The Morgan fingerprint density at radius 1 is 1.15 bits per heavy atom. The Morgan fingerprint density at radius 3 is 2.44 bits per heavy atom. The van der Waals surface area contributed by atoms with Crippen LogP contribution in [0.1, 0.15) is 45.6 Å². The van der Waals surface area contributed by atoms with Crippen LogP contribution in [0.5, 0.6) is 0 Å². The number of amides is 2. The molecule has 1 atom stereocenters. The van der Waals surface area contributed by atoms with E-state index in [0.29, 0.717) is 24.8 Å². The molecule has 0 bridgehead atoms. The molecule has 0 radical (unpaired) electrons. The average Bonchev–Trinajstić information content (AvgIpc) is 2.94. The van der Waals surface area contributed by atoms with E-state index < -0.39 is 0 Å². The van der Waals surface area contributed by atoms with Crippen molar-refractivity contribution in [3.05, 3.63) is 35.9 Å². The predicted molar refractivity (Wildman–Crippen MR) is 107 cm³/mol. The van der Waals surface area contributed by atoms with Gasteiger partial charge in [-0.05, 0) is 49.8 Å². The van der Waals surface area contributed by atoms with E-state index in [2.05, 4.69) is 29.0 Å². The van der Waals surface area contributed by atoms with Gasteiger partial charge in [0.1, 0.15) is 0 Å². The highest BCUT2D eigenvalue weighted by molar-refractivity contribution is 5.81. The van der Waals surface area contributed by atoms with Gasteiger partial charge in [0, 0.05) is 26.1 Å². The Hall–Kier alpha value is -1.88. The van der Waals surface area contributed by atoms with Gasteiger partial charge in [0.05, 0.1) is 6.04 Å². The summed E-state index contributed by atoms with van der Waals surface area (Å²) in [5.74, 6) is 0.905. The lowest BCUT2D eigenvalue weighted by molar-refractivity contribution is -0.129. The second-order valence-corrected chi connectivity index (χ2v) is 8.76. The lowest BCUT2D eigenvalue weighted by atomic mass is 9.77. The van der Waals surface area contributed by atoms with Crippen LogP contribution >= 0.6 is 0 Å². The maximum atomic E-state index is 12.5. The Labute approximate surface area is 163 Å². The van der Waals surface area contributed by atoms with Crippen LogP contribution in [0, 0.1) is 11.3 Å². The second-order valence-electron chi connectivity index (χ2n) is 8.76. The van der Waals surface area contributed by atoms with Crippen molar-refractivity contribution in [2.24, 2.45) is 11.3 Å². The highest BCUT2D eigenvalue weighted by Crippen LogP contribution is 2.41. The fourth-order valence-corrected chi connectivity index (χ4v) is 4.41. The van der Waals surface area contributed by atoms with Crippen molar-refractivity contribution in [3.63, 3.8) is 0 Å². The van der Waals surface area contributed by atoms with Crippen molar-refractivity contribution >= 4 is 11.8 Å². The van der Waals surface area contributed by atoms with Crippen LogP contribution in [-0.4, -0.2) is 53.8 Å². The van der Waals surface area contributed by atoms with Crippen LogP contribution in [0.25, 0.3) is 0 Å². The Balaban J connectivity index is 1.48. The van der Waals surface area contributed by atoms with Crippen molar-refractivity contribution < 1.29 is 9.59 Å². The van der Waals surface area contributed by atoms with Gasteiger partial charge in [-0.15, -0.1) is 0 Å². The number of carbonyl (C=O) groups excluding carboxylic acids is 2. The number of hydrogen-bond donors (Lipinski definition) is 1. The first-order valence-corrected chi connectivity index (χ1v) is 10.2. The molecule has 1 N–H and O–H groups in total. The number of nitrogens with zero attached hydrogens (tertiary/aromatic N) is 2. The molecule has 5 heteroatoms. The normalized spacial score (nSPS) is 21.0. The molecule has 0 aliphatic carbocycles. The maximum absolute atomic E-state index is 12.5. The Morgan fingerprint density at radius 2 is 1.81 bits per heavy atom. The molecule has 3 rings (SSSR count). The zero-order valence-corrected chi connectivity index (χ0v) is 16.9. The molecule has 148 valence electrons. The molecule has 1 aromatic carbocycles. The standard InChI is InChI=1S/C22H33N3O2/c1-17(2)15-25-16-22(13-20(25)26)9-11-24(12-10-22)18(3)21(27)23-14-19-7-5-4-6-8-19/h4-8,17-18H,9-16H2,1-3H3,(H,23,27)/t18-/m0/s1. The van der Waals surface area contributed by atoms with Crippen LogP contribution in [-0.2, 0) is 16.1 Å². The molecule has 1 aromatic rings. The van der Waals surface area contributed by atoms with Crippen molar-refractivity contribution in [2.45, 2.75) is 52.6 Å². The van der Waals surface area contributed by atoms with Gasteiger partial charge in [-0.25, -0.2) is 0 Å². The number of rotatable bonds is 6. The summed E-state index contributed by atoms with van der Waals surface area (Å²) in [7, 11) is 0. The molecule has 27 heavy (non-hydrogen) atoms. The molecule has 0 aromatic heterocycles. The number of benzene rings is 1. The second kappa shape index (κ2) is 8.42. The van der Waals surface area contributed by atoms with Gasteiger partial charge in [-0.2, -0.15) is 0 Å². The highest BCUT2D eigenvalue weighted by Gasteiger charge is 2.45. The fraction of sp³-hybridized carbons (Fsp3) is 0.636. The smallest absolute Gasteiger partial charge is 0.237 e. The third-order valence-corrected chi connectivity index (χ3v) is 6.09. The molecule has 0 saturated carbocycles. The van der Waals surface area contributed by atoms with Gasteiger partial charge in [0.2, 0.25) is 11.8 Å². The minimum absolute atomic E-state index is 0.0822. The molecule has 2 amide bonds. The minimum atomic E-state index is -0.130. The first-order valence-electron chi connectivity index (χ1n) is 10.2. The number of carbonyl (C=O) groups is 2. The van der Waals surface area contributed by atoms with Crippen LogP contribution < -0.4 is 5.32 Å². The van der Waals surface area contributed by atoms with Gasteiger partial charge < -0.3 is 10.2 Å². The molecule has 2 saturated heterocycles. The largest absolute Gasteiger partial charge is 0.351 e.